The maximum Gasteiger partial charge on any atom is 0.408 e. The van der Waals surface area contributed by atoms with Crippen LogP contribution in [-0.2, 0) is 47.2 Å². The van der Waals surface area contributed by atoms with Crippen LogP contribution in [0.5, 0.6) is 0 Å². The van der Waals surface area contributed by atoms with Gasteiger partial charge in [-0.15, -0.1) is 0 Å². The van der Waals surface area contributed by atoms with Gasteiger partial charge >= 0.3 is 12.1 Å². The van der Waals surface area contributed by atoms with Gasteiger partial charge in [0.1, 0.15) is 24.2 Å². The zero-order chi connectivity index (χ0) is 44.9. The molecule has 0 spiro atoms. The summed E-state index contributed by atoms with van der Waals surface area (Å²) in [5, 5.41) is 11.6. The fourth-order valence-corrected chi connectivity index (χ4v) is 8.10. The van der Waals surface area contributed by atoms with Gasteiger partial charge in [-0.3, -0.25) is 14.4 Å². The van der Waals surface area contributed by atoms with Gasteiger partial charge in [-0.05, 0) is 53.8 Å². The maximum absolute atomic E-state index is 14.4. The maximum atomic E-state index is 14.4. The van der Waals surface area contributed by atoms with Crippen molar-refractivity contribution in [3.63, 3.8) is 0 Å². The summed E-state index contributed by atoms with van der Waals surface area (Å²) in [7, 11) is 0. The molecule has 0 fully saturated rings. The highest BCUT2D eigenvalue weighted by Gasteiger charge is 2.38. The molecule has 0 bridgehead atoms. The number of nitrogens with one attached hydrogen (secondary N) is 4. The second-order valence-electron chi connectivity index (χ2n) is 14.8. The van der Waals surface area contributed by atoms with E-state index in [2.05, 4.69) is 21.3 Å². The number of rotatable bonds is 22. The summed E-state index contributed by atoms with van der Waals surface area (Å²) in [5.41, 5.74) is 3.07. The van der Waals surface area contributed by atoms with Crippen molar-refractivity contribution in [2.45, 2.75) is 75.1 Å². The minimum atomic E-state index is -1.11. The lowest BCUT2D eigenvalue weighted by Crippen LogP contribution is -2.58. The van der Waals surface area contributed by atoms with E-state index < -0.39 is 47.5 Å². The fourth-order valence-electron chi connectivity index (χ4n) is 7.30. The predicted octanol–water partition coefficient (Wildman–Crippen LogP) is 7.64. The molecular formula is C51H56N4O7S. The molecule has 0 radical (unpaired) electrons. The normalized spacial score (nSPS) is 13.1. The van der Waals surface area contributed by atoms with Crippen LogP contribution in [0.3, 0.4) is 0 Å². The highest BCUT2D eigenvalue weighted by atomic mass is 32.2. The van der Waals surface area contributed by atoms with Crippen molar-refractivity contribution < 1.29 is 33.4 Å². The zero-order valence-corrected chi connectivity index (χ0v) is 36.7. The van der Waals surface area contributed by atoms with Crippen LogP contribution < -0.4 is 21.3 Å². The van der Waals surface area contributed by atoms with Crippen LogP contribution >= 0.6 is 11.8 Å². The minimum Gasteiger partial charge on any atom is -0.463 e. The third-order valence-corrected chi connectivity index (χ3v) is 11.7. The Hall–Kier alpha value is -6.66. The molecule has 0 aliphatic heterocycles. The number of carbonyl (C=O) groups excluding carboxylic acids is 5. The number of hydrogen-bond donors (Lipinski definition) is 4. The number of hydrogen-bond acceptors (Lipinski definition) is 8. The number of benzene rings is 5. The van der Waals surface area contributed by atoms with Gasteiger partial charge in [-0.2, -0.15) is 11.8 Å². The van der Waals surface area contributed by atoms with Gasteiger partial charge < -0.3 is 30.7 Å². The van der Waals surface area contributed by atoms with Crippen molar-refractivity contribution in [2.24, 2.45) is 0 Å². The summed E-state index contributed by atoms with van der Waals surface area (Å²) < 4.78 is 10.6. The minimum absolute atomic E-state index is 0.0145. The molecule has 0 saturated heterocycles. The molecule has 0 saturated carbocycles. The second kappa shape index (κ2) is 24.7. The van der Waals surface area contributed by atoms with E-state index in [4.69, 9.17) is 9.47 Å². The SMILES string of the molecule is CCOC(=O)/C=C/[C@H](CCC(=O)NC(c1ccccc1)(c1ccccc1)c1ccccc1)NC(=O)[C@H](Cc1ccccc1)NC(=O)[C@@H](NC(=O)OCc1ccccc1)[C@H](CC)SC. The van der Waals surface area contributed by atoms with Crippen molar-refractivity contribution in [3.05, 3.63) is 192 Å². The third-order valence-electron chi connectivity index (χ3n) is 10.5. The van der Waals surface area contributed by atoms with Gasteiger partial charge in [0, 0.05) is 30.2 Å². The van der Waals surface area contributed by atoms with Gasteiger partial charge in [0.05, 0.1) is 6.61 Å². The molecule has 63 heavy (non-hydrogen) atoms. The Morgan fingerprint density at radius 1 is 0.635 bits per heavy atom. The molecule has 12 heteroatoms. The first-order valence-electron chi connectivity index (χ1n) is 21.1. The summed E-state index contributed by atoms with van der Waals surface area (Å²) in [5.74, 6) is -2.04. The molecule has 5 aromatic rings. The number of carbonyl (C=O) groups is 5. The van der Waals surface area contributed by atoms with Crippen LogP contribution in [0, 0.1) is 0 Å². The molecule has 0 unspecified atom stereocenters. The van der Waals surface area contributed by atoms with E-state index in [1.165, 1.54) is 23.9 Å². The van der Waals surface area contributed by atoms with E-state index in [1.807, 2.05) is 165 Å². The smallest absolute Gasteiger partial charge is 0.408 e. The molecule has 5 aromatic carbocycles. The Morgan fingerprint density at radius 3 is 1.63 bits per heavy atom. The van der Waals surface area contributed by atoms with Gasteiger partial charge in [0.25, 0.3) is 0 Å². The monoisotopic (exact) mass is 868 g/mol. The van der Waals surface area contributed by atoms with E-state index in [0.29, 0.717) is 6.42 Å². The molecule has 5 rings (SSSR count). The van der Waals surface area contributed by atoms with Crippen molar-refractivity contribution in [3.8, 4) is 0 Å². The average molecular weight is 869 g/mol. The first kappa shape index (κ1) is 47.4. The quantitative estimate of drug-likeness (QED) is 0.0315. The van der Waals surface area contributed by atoms with Crippen LogP contribution in [0.15, 0.2) is 164 Å². The summed E-state index contributed by atoms with van der Waals surface area (Å²) in [6.45, 7) is 3.77. The van der Waals surface area contributed by atoms with Crippen molar-refractivity contribution in [2.75, 3.05) is 12.9 Å². The zero-order valence-electron chi connectivity index (χ0n) is 35.9. The van der Waals surface area contributed by atoms with Crippen LogP contribution in [0.1, 0.15) is 60.9 Å². The molecule has 11 nitrogen and oxygen atoms in total. The first-order chi connectivity index (χ1) is 30.7. The Morgan fingerprint density at radius 2 is 1.14 bits per heavy atom. The molecule has 0 aliphatic carbocycles. The van der Waals surface area contributed by atoms with E-state index >= 15 is 0 Å². The van der Waals surface area contributed by atoms with Gasteiger partial charge in [-0.25, -0.2) is 9.59 Å². The molecule has 4 N–H and O–H groups in total. The molecule has 4 amide bonds. The van der Waals surface area contributed by atoms with Gasteiger partial charge in [0.15, 0.2) is 0 Å². The van der Waals surface area contributed by atoms with E-state index in [0.717, 1.165) is 27.8 Å². The van der Waals surface area contributed by atoms with E-state index in [9.17, 15) is 24.0 Å². The summed E-state index contributed by atoms with van der Waals surface area (Å²) >= 11 is 1.41. The molecule has 328 valence electrons. The van der Waals surface area contributed by atoms with Crippen molar-refractivity contribution >= 4 is 41.5 Å². The highest BCUT2D eigenvalue weighted by Crippen LogP contribution is 2.37. The summed E-state index contributed by atoms with van der Waals surface area (Å²) in [4.78, 5) is 68.5. The topological polar surface area (TPSA) is 152 Å². The predicted molar refractivity (Wildman–Crippen MR) is 248 cm³/mol. The summed E-state index contributed by atoms with van der Waals surface area (Å²) in [6, 6.07) is 44.6. The molecule has 4 atom stereocenters. The van der Waals surface area contributed by atoms with Crippen LogP contribution in [0.2, 0.25) is 0 Å². The average Bonchev–Trinajstić information content (AvgIpc) is 3.32. The fraction of sp³-hybridized carbons (Fsp3) is 0.275. The largest absolute Gasteiger partial charge is 0.463 e. The number of esters is 1. The molecule has 0 heterocycles. The van der Waals surface area contributed by atoms with Crippen LogP contribution in [0.25, 0.3) is 0 Å². The van der Waals surface area contributed by atoms with Crippen molar-refractivity contribution in [1.82, 2.24) is 21.3 Å². The number of amides is 4. The van der Waals surface area contributed by atoms with Crippen LogP contribution in [-0.4, -0.2) is 66.0 Å². The second-order valence-corrected chi connectivity index (χ2v) is 15.9. The van der Waals surface area contributed by atoms with E-state index in [1.54, 1.807) is 6.92 Å². The number of ether oxygens (including phenoxy) is 2. The number of alkyl carbamates (subject to hydrolysis) is 1. The lowest BCUT2D eigenvalue weighted by atomic mass is 9.77. The van der Waals surface area contributed by atoms with E-state index in [-0.39, 0.29) is 43.6 Å². The Balaban J connectivity index is 1.39. The third kappa shape index (κ3) is 13.9. The Kier molecular flexibility index (Phi) is 18.6. The molecular weight excluding hydrogens is 813 g/mol. The van der Waals surface area contributed by atoms with Gasteiger partial charge in [0.2, 0.25) is 17.7 Å². The van der Waals surface area contributed by atoms with Crippen LogP contribution in [0.4, 0.5) is 4.79 Å². The highest BCUT2D eigenvalue weighted by molar-refractivity contribution is 7.99. The summed E-state index contributed by atoms with van der Waals surface area (Å²) in [6.07, 6.45) is 4.50. The molecule has 0 aliphatic rings. The standard InChI is InChI=1S/C51H56N4O7S/c1-4-44(63-3)47(54-50(60)62-36-38-23-13-7-14-24-38)49(59)53-43(35-37-21-11-6-12-22-37)48(58)52-42(32-34-46(57)61-5-2)31-33-45(56)55-51(39-25-15-8-16-26-39,40-27-17-9-18-28-40)41-29-19-10-20-30-41/h6-30,32,34,42-44,47H,4-5,31,33,35-36H2,1-3H3,(H,52,58)(H,53,59)(H,54,60)(H,55,56)/b34-32+/t42-,43-,44-,47-/m0/s1. The molecule has 0 aromatic heterocycles. The number of thioether (sulfide) groups is 1. The Labute approximate surface area is 374 Å². The van der Waals surface area contributed by atoms with Gasteiger partial charge in [-0.1, -0.05) is 165 Å². The lowest BCUT2D eigenvalue weighted by molar-refractivity contribution is -0.137. The first-order valence-corrected chi connectivity index (χ1v) is 22.4. The lowest BCUT2D eigenvalue weighted by Gasteiger charge is -2.37. The Bertz CT molecular complexity index is 2130. The van der Waals surface area contributed by atoms with Crippen molar-refractivity contribution in [1.29, 1.82) is 0 Å².